The van der Waals surface area contributed by atoms with E-state index < -0.39 is 0 Å². The van der Waals surface area contributed by atoms with E-state index >= 15 is 0 Å². The van der Waals surface area contributed by atoms with Crippen molar-refractivity contribution in [3.8, 4) is 0 Å². The maximum Gasteiger partial charge on any atom is 0.225 e. The lowest BCUT2D eigenvalue weighted by molar-refractivity contribution is -0.127. The lowest BCUT2D eigenvalue weighted by Crippen LogP contribution is -2.53. The summed E-state index contributed by atoms with van der Waals surface area (Å²) in [6.07, 6.45) is 9.12. The van der Waals surface area contributed by atoms with Crippen LogP contribution in [0.15, 0.2) is 18.5 Å². The summed E-state index contributed by atoms with van der Waals surface area (Å²) in [6.45, 7) is 1.73. The molecule has 1 aromatic rings. The quantitative estimate of drug-likeness (QED) is 0.867. The van der Waals surface area contributed by atoms with E-state index in [1.54, 1.807) is 12.4 Å². The maximum atomic E-state index is 12.7. The van der Waals surface area contributed by atoms with Crippen molar-refractivity contribution in [1.29, 1.82) is 0 Å². The molecular weight excluding hydrogens is 290 g/mol. The van der Waals surface area contributed by atoms with Gasteiger partial charge in [0, 0.05) is 37.6 Å². The number of nitrogens with one attached hydrogen (secondary N) is 1. The van der Waals surface area contributed by atoms with Gasteiger partial charge in [0.25, 0.3) is 0 Å². The molecule has 1 amide bonds. The molecule has 0 aromatic carbocycles. The molecule has 0 radical (unpaired) electrons. The first-order valence-corrected chi connectivity index (χ1v) is 8.80. The van der Waals surface area contributed by atoms with Crippen molar-refractivity contribution in [3.05, 3.63) is 18.5 Å². The Balaban J connectivity index is 1.38. The van der Waals surface area contributed by atoms with E-state index in [2.05, 4.69) is 20.2 Å². The second-order valence-corrected chi connectivity index (χ2v) is 7.28. The predicted molar refractivity (Wildman–Crippen MR) is 87.7 cm³/mol. The number of hydrogen-bond donors (Lipinski definition) is 2. The number of fused-ring (bicyclic) bond motifs is 2. The summed E-state index contributed by atoms with van der Waals surface area (Å²) in [5.74, 6) is 2.02. The third kappa shape index (κ3) is 2.80. The molecule has 3 fully saturated rings. The van der Waals surface area contributed by atoms with Gasteiger partial charge in [0.1, 0.15) is 0 Å². The molecule has 2 heterocycles. The molecule has 5 unspecified atom stereocenters. The molecule has 6 nitrogen and oxygen atoms in total. The van der Waals surface area contributed by atoms with Gasteiger partial charge in [-0.15, -0.1) is 0 Å². The number of anilines is 1. The van der Waals surface area contributed by atoms with Crippen LogP contribution in [-0.4, -0.2) is 41.0 Å². The molecule has 3 aliphatic rings. The fourth-order valence-electron chi connectivity index (χ4n) is 4.75. The largest absolute Gasteiger partial charge is 0.351 e. The third-order valence-electron chi connectivity index (χ3n) is 5.89. The first-order chi connectivity index (χ1) is 11.2. The van der Waals surface area contributed by atoms with Crippen LogP contribution in [-0.2, 0) is 4.79 Å². The maximum absolute atomic E-state index is 12.7. The average molecular weight is 315 g/mol. The van der Waals surface area contributed by atoms with Crippen molar-refractivity contribution in [2.75, 3.05) is 18.0 Å². The predicted octanol–water partition coefficient (Wildman–Crippen LogP) is 0.935. The van der Waals surface area contributed by atoms with Gasteiger partial charge in [-0.3, -0.25) is 4.79 Å². The Morgan fingerprint density at radius 3 is 2.74 bits per heavy atom. The molecule has 3 N–H and O–H groups in total. The van der Waals surface area contributed by atoms with Gasteiger partial charge in [-0.1, -0.05) is 0 Å². The minimum atomic E-state index is 0.0251. The van der Waals surface area contributed by atoms with Gasteiger partial charge in [0.15, 0.2) is 0 Å². The van der Waals surface area contributed by atoms with Gasteiger partial charge in [-0.05, 0) is 50.0 Å². The number of nitrogens with zero attached hydrogens (tertiary/aromatic N) is 3. The number of piperidine rings is 1. The lowest BCUT2D eigenvalue weighted by Gasteiger charge is -2.35. The Morgan fingerprint density at radius 1 is 1.22 bits per heavy atom. The summed E-state index contributed by atoms with van der Waals surface area (Å²) in [6, 6.07) is 2.06. The number of nitrogens with two attached hydrogens (primary N) is 1. The van der Waals surface area contributed by atoms with Crippen molar-refractivity contribution < 1.29 is 4.79 Å². The van der Waals surface area contributed by atoms with Crippen molar-refractivity contribution in [2.45, 2.75) is 44.2 Å². The number of amides is 1. The van der Waals surface area contributed by atoms with Crippen LogP contribution < -0.4 is 16.0 Å². The SMILES string of the molecule is NC1C2CCC(C2)C1C(=O)NC1CCCN(c2ncccn2)C1. The number of hydrogen-bond acceptors (Lipinski definition) is 5. The van der Waals surface area contributed by atoms with E-state index in [1.807, 2.05) is 6.07 Å². The fraction of sp³-hybridized carbons (Fsp3) is 0.706. The molecule has 0 spiro atoms. The number of rotatable bonds is 3. The second kappa shape index (κ2) is 6.07. The standard InChI is InChI=1S/C17H25N5O/c18-15-12-5-4-11(9-12)14(15)16(23)21-13-3-1-8-22(10-13)17-19-6-2-7-20-17/h2,6-7,11-15H,1,3-5,8-10,18H2,(H,21,23). The molecule has 2 bridgehead atoms. The van der Waals surface area contributed by atoms with Gasteiger partial charge in [0.05, 0.1) is 5.92 Å². The van der Waals surface area contributed by atoms with E-state index in [0.717, 1.165) is 38.3 Å². The van der Waals surface area contributed by atoms with Crippen LogP contribution in [0.3, 0.4) is 0 Å². The van der Waals surface area contributed by atoms with Gasteiger partial charge in [-0.2, -0.15) is 0 Å². The molecule has 4 rings (SSSR count). The highest BCUT2D eigenvalue weighted by Crippen LogP contribution is 2.47. The third-order valence-corrected chi connectivity index (χ3v) is 5.89. The first kappa shape index (κ1) is 14.9. The van der Waals surface area contributed by atoms with E-state index in [9.17, 15) is 4.79 Å². The van der Waals surface area contributed by atoms with E-state index in [4.69, 9.17) is 5.73 Å². The van der Waals surface area contributed by atoms with Gasteiger partial charge >= 0.3 is 0 Å². The minimum Gasteiger partial charge on any atom is -0.351 e. The van der Waals surface area contributed by atoms with Crippen LogP contribution in [0.5, 0.6) is 0 Å². The highest BCUT2D eigenvalue weighted by Gasteiger charge is 2.49. The summed E-state index contributed by atoms with van der Waals surface area (Å²) in [4.78, 5) is 23.5. The summed E-state index contributed by atoms with van der Waals surface area (Å²) in [7, 11) is 0. The Hall–Kier alpha value is -1.69. The number of carbonyl (C=O) groups is 1. The normalized spacial score (nSPS) is 36.2. The summed E-state index contributed by atoms with van der Waals surface area (Å²) < 4.78 is 0. The highest BCUT2D eigenvalue weighted by atomic mass is 16.2. The van der Waals surface area contributed by atoms with Crippen molar-refractivity contribution in [1.82, 2.24) is 15.3 Å². The zero-order valence-electron chi connectivity index (χ0n) is 13.4. The summed E-state index contributed by atoms with van der Waals surface area (Å²) >= 11 is 0. The average Bonchev–Trinajstić information content (AvgIpc) is 3.17. The minimum absolute atomic E-state index is 0.0251. The molecule has 5 atom stereocenters. The molecule has 1 saturated heterocycles. The second-order valence-electron chi connectivity index (χ2n) is 7.28. The van der Waals surface area contributed by atoms with E-state index in [-0.39, 0.29) is 23.9 Å². The molecule has 1 aliphatic heterocycles. The Kier molecular flexibility index (Phi) is 3.93. The van der Waals surface area contributed by atoms with E-state index in [1.165, 1.54) is 12.8 Å². The van der Waals surface area contributed by atoms with Crippen molar-refractivity contribution in [2.24, 2.45) is 23.5 Å². The molecular formula is C17H25N5O. The smallest absolute Gasteiger partial charge is 0.225 e. The van der Waals surface area contributed by atoms with Crippen LogP contribution >= 0.6 is 0 Å². The van der Waals surface area contributed by atoms with Gasteiger partial charge in [0.2, 0.25) is 11.9 Å². The van der Waals surface area contributed by atoms with Crippen molar-refractivity contribution >= 4 is 11.9 Å². The summed E-state index contributed by atoms with van der Waals surface area (Å²) in [5, 5.41) is 3.26. The van der Waals surface area contributed by atoms with Gasteiger partial charge < -0.3 is 16.0 Å². The van der Waals surface area contributed by atoms with Crippen LogP contribution in [0.1, 0.15) is 32.1 Å². The fourth-order valence-corrected chi connectivity index (χ4v) is 4.75. The van der Waals surface area contributed by atoms with Crippen LogP contribution in [0.4, 0.5) is 5.95 Å². The Bertz CT molecular complexity index is 563. The molecule has 6 heteroatoms. The summed E-state index contributed by atoms with van der Waals surface area (Å²) in [5.41, 5.74) is 6.30. The van der Waals surface area contributed by atoms with Crippen LogP contribution in [0, 0.1) is 17.8 Å². The number of carbonyl (C=O) groups excluding carboxylic acids is 1. The zero-order chi connectivity index (χ0) is 15.8. The van der Waals surface area contributed by atoms with Gasteiger partial charge in [-0.25, -0.2) is 9.97 Å². The van der Waals surface area contributed by atoms with Crippen LogP contribution in [0.25, 0.3) is 0 Å². The number of aromatic nitrogens is 2. The lowest BCUT2D eigenvalue weighted by atomic mass is 9.84. The molecule has 23 heavy (non-hydrogen) atoms. The monoisotopic (exact) mass is 315 g/mol. The van der Waals surface area contributed by atoms with Crippen LogP contribution in [0.2, 0.25) is 0 Å². The molecule has 124 valence electrons. The Labute approximate surface area is 136 Å². The topological polar surface area (TPSA) is 84.1 Å². The van der Waals surface area contributed by atoms with E-state index in [0.29, 0.717) is 11.8 Å². The molecule has 2 saturated carbocycles. The zero-order valence-corrected chi connectivity index (χ0v) is 13.4. The highest BCUT2D eigenvalue weighted by molar-refractivity contribution is 5.80. The first-order valence-electron chi connectivity index (χ1n) is 8.80. The van der Waals surface area contributed by atoms with Crippen molar-refractivity contribution in [3.63, 3.8) is 0 Å². The molecule has 2 aliphatic carbocycles. The Morgan fingerprint density at radius 2 is 2.00 bits per heavy atom. The molecule has 1 aromatic heterocycles.